The summed E-state index contributed by atoms with van der Waals surface area (Å²) in [6.07, 6.45) is 0.487. The summed E-state index contributed by atoms with van der Waals surface area (Å²) in [7, 11) is -2.98. The van der Waals surface area contributed by atoms with Crippen molar-refractivity contribution in [3.8, 4) is 0 Å². The van der Waals surface area contributed by atoms with Gasteiger partial charge in [0.05, 0.1) is 17.3 Å². The number of nitrogens with two attached hydrogens (primary N) is 1. The molecule has 1 aliphatic heterocycles. The summed E-state index contributed by atoms with van der Waals surface area (Å²) in [6.45, 7) is 2.90. The molecule has 1 saturated heterocycles. The van der Waals surface area contributed by atoms with Crippen LogP contribution in [0.4, 0.5) is 0 Å². The van der Waals surface area contributed by atoms with Crippen molar-refractivity contribution < 1.29 is 13.2 Å². The van der Waals surface area contributed by atoms with Gasteiger partial charge in [0.2, 0.25) is 5.91 Å². The highest BCUT2D eigenvalue weighted by Gasteiger charge is 2.28. The second-order valence-electron chi connectivity index (χ2n) is 4.93. The van der Waals surface area contributed by atoms with Crippen molar-refractivity contribution in [2.24, 2.45) is 5.73 Å². The molecule has 1 aromatic rings. The molecular weight excluding hydrogens is 314 g/mol. The van der Waals surface area contributed by atoms with Crippen LogP contribution in [0.2, 0.25) is 0 Å². The third-order valence-electron chi connectivity index (χ3n) is 3.18. The highest BCUT2D eigenvalue weighted by atomic mass is 32.2. The SMILES string of the molecule is Cc1nnc(SCC(=O)NC2CCS(=O)(=O)C2)n1CCN. The number of rotatable bonds is 6. The maximum absolute atomic E-state index is 11.9. The number of carbonyl (C=O) groups is 1. The predicted molar refractivity (Wildman–Crippen MR) is 79.7 cm³/mol. The van der Waals surface area contributed by atoms with E-state index in [1.165, 1.54) is 11.8 Å². The van der Waals surface area contributed by atoms with Crippen LogP contribution >= 0.6 is 11.8 Å². The summed E-state index contributed by atoms with van der Waals surface area (Å²) < 4.78 is 24.5. The van der Waals surface area contributed by atoms with Crippen molar-refractivity contribution in [1.29, 1.82) is 0 Å². The minimum Gasteiger partial charge on any atom is -0.352 e. The molecule has 1 atom stereocenters. The van der Waals surface area contributed by atoms with E-state index in [1.54, 1.807) is 0 Å². The van der Waals surface area contributed by atoms with Crippen LogP contribution in [0.25, 0.3) is 0 Å². The highest BCUT2D eigenvalue weighted by Crippen LogP contribution is 2.17. The summed E-state index contributed by atoms with van der Waals surface area (Å²) in [5.41, 5.74) is 5.53. The average molecular weight is 333 g/mol. The van der Waals surface area contributed by atoms with E-state index in [1.807, 2.05) is 11.5 Å². The van der Waals surface area contributed by atoms with Gasteiger partial charge >= 0.3 is 0 Å². The molecule has 2 heterocycles. The summed E-state index contributed by atoms with van der Waals surface area (Å²) in [4.78, 5) is 11.9. The van der Waals surface area contributed by atoms with E-state index in [4.69, 9.17) is 5.73 Å². The molecule has 1 aromatic heterocycles. The Labute approximate surface area is 127 Å². The van der Waals surface area contributed by atoms with Gasteiger partial charge in [-0.3, -0.25) is 4.79 Å². The van der Waals surface area contributed by atoms with Crippen molar-refractivity contribution in [2.75, 3.05) is 23.8 Å². The van der Waals surface area contributed by atoms with Crippen molar-refractivity contribution in [2.45, 2.75) is 31.1 Å². The Morgan fingerprint density at radius 3 is 2.90 bits per heavy atom. The minimum absolute atomic E-state index is 0.0336. The molecule has 1 unspecified atom stereocenters. The first-order chi connectivity index (χ1) is 9.91. The maximum Gasteiger partial charge on any atom is 0.230 e. The summed E-state index contributed by atoms with van der Waals surface area (Å²) in [5.74, 6) is 0.924. The van der Waals surface area contributed by atoms with Gasteiger partial charge in [0.15, 0.2) is 15.0 Å². The number of nitrogens with one attached hydrogen (secondary N) is 1. The normalized spacial score (nSPS) is 20.6. The smallest absolute Gasteiger partial charge is 0.230 e. The van der Waals surface area contributed by atoms with E-state index in [2.05, 4.69) is 15.5 Å². The molecule has 0 saturated carbocycles. The fourth-order valence-electron chi connectivity index (χ4n) is 2.16. The molecule has 118 valence electrons. The molecule has 3 N–H and O–H groups in total. The minimum atomic E-state index is -2.98. The molecule has 8 nitrogen and oxygen atoms in total. The zero-order chi connectivity index (χ0) is 15.5. The van der Waals surface area contributed by atoms with E-state index in [0.29, 0.717) is 24.7 Å². The first kappa shape index (κ1) is 16.2. The van der Waals surface area contributed by atoms with Crippen molar-refractivity contribution in [3.63, 3.8) is 0 Å². The maximum atomic E-state index is 11.9. The zero-order valence-electron chi connectivity index (χ0n) is 11.8. The number of amides is 1. The molecular formula is C11H19N5O3S2. The Morgan fingerprint density at radius 2 is 2.29 bits per heavy atom. The van der Waals surface area contributed by atoms with Crippen molar-refractivity contribution in [3.05, 3.63) is 5.82 Å². The molecule has 0 radical (unpaired) electrons. The Balaban J connectivity index is 1.84. The van der Waals surface area contributed by atoms with Crippen LogP contribution < -0.4 is 11.1 Å². The predicted octanol–water partition coefficient (Wildman–Crippen LogP) is -1.06. The summed E-state index contributed by atoms with van der Waals surface area (Å²) in [5, 5.41) is 11.4. The fourth-order valence-corrected chi connectivity index (χ4v) is 4.66. The van der Waals surface area contributed by atoms with Crippen LogP contribution in [0.1, 0.15) is 12.2 Å². The van der Waals surface area contributed by atoms with Crippen LogP contribution in [0.3, 0.4) is 0 Å². The molecule has 0 spiro atoms. The van der Waals surface area contributed by atoms with Crippen LogP contribution in [-0.2, 0) is 21.2 Å². The molecule has 0 aromatic carbocycles. The topological polar surface area (TPSA) is 120 Å². The lowest BCUT2D eigenvalue weighted by molar-refractivity contribution is -0.119. The molecule has 1 amide bonds. The van der Waals surface area contributed by atoms with Gasteiger partial charge in [-0.25, -0.2) is 8.42 Å². The zero-order valence-corrected chi connectivity index (χ0v) is 13.4. The Morgan fingerprint density at radius 1 is 1.52 bits per heavy atom. The van der Waals surface area contributed by atoms with E-state index in [-0.39, 0.29) is 29.2 Å². The van der Waals surface area contributed by atoms with E-state index < -0.39 is 9.84 Å². The van der Waals surface area contributed by atoms with Gasteiger partial charge in [-0.2, -0.15) is 0 Å². The number of hydrogen-bond donors (Lipinski definition) is 2. The number of aromatic nitrogens is 3. The van der Waals surface area contributed by atoms with Gasteiger partial charge in [-0.15, -0.1) is 10.2 Å². The van der Waals surface area contributed by atoms with E-state index in [0.717, 1.165) is 5.82 Å². The van der Waals surface area contributed by atoms with Gasteiger partial charge in [0.25, 0.3) is 0 Å². The fraction of sp³-hybridized carbons (Fsp3) is 0.727. The van der Waals surface area contributed by atoms with Gasteiger partial charge in [-0.1, -0.05) is 11.8 Å². The third-order valence-corrected chi connectivity index (χ3v) is 5.92. The van der Waals surface area contributed by atoms with Gasteiger partial charge in [0, 0.05) is 19.1 Å². The lowest BCUT2D eigenvalue weighted by Crippen LogP contribution is -2.36. The van der Waals surface area contributed by atoms with Gasteiger partial charge in [-0.05, 0) is 13.3 Å². The number of hydrogen-bond acceptors (Lipinski definition) is 7. The highest BCUT2D eigenvalue weighted by molar-refractivity contribution is 7.99. The first-order valence-electron chi connectivity index (χ1n) is 6.64. The number of sulfone groups is 1. The summed E-state index contributed by atoms with van der Waals surface area (Å²) >= 11 is 1.27. The Hall–Kier alpha value is -1.13. The molecule has 2 rings (SSSR count). The van der Waals surface area contributed by atoms with Crippen LogP contribution in [0.15, 0.2) is 5.16 Å². The van der Waals surface area contributed by atoms with Crippen molar-refractivity contribution >= 4 is 27.5 Å². The number of carbonyl (C=O) groups excluding carboxylic acids is 1. The first-order valence-corrected chi connectivity index (χ1v) is 9.44. The number of thioether (sulfide) groups is 1. The quantitative estimate of drug-likeness (QED) is 0.637. The molecule has 1 aliphatic rings. The number of aryl methyl sites for hydroxylation is 1. The van der Waals surface area contributed by atoms with Crippen LogP contribution in [0, 0.1) is 6.92 Å². The molecule has 0 aliphatic carbocycles. The Kier molecular flexibility index (Phi) is 5.22. The van der Waals surface area contributed by atoms with Crippen molar-refractivity contribution in [1.82, 2.24) is 20.1 Å². The van der Waals surface area contributed by atoms with Crippen LogP contribution in [-0.4, -0.2) is 58.9 Å². The second kappa shape index (κ2) is 6.75. The molecule has 1 fully saturated rings. The standard InChI is InChI=1S/C11H19N5O3S2/c1-8-14-15-11(16(8)4-3-12)20-6-10(17)13-9-2-5-21(18,19)7-9/h9H,2-7,12H2,1H3,(H,13,17). The molecule has 21 heavy (non-hydrogen) atoms. The second-order valence-corrected chi connectivity index (χ2v) is 8.10. The third kappa shape index (κ3) is 4.42. The molecule has 0 bridgehead atoms. The monoisotopic (exact) mass is 333 g/mol. The largest absolute Gasteiger partial charge is 0.352 e. The van der Waals surface area contributed by atoms with Gasteiger partial charge in [0.1, 0.15) is 5.82 Å². The summed E-state index contributed by atoms with van der Waals surface area (Å²) in [6, 6.07) is -0.272. The van der Waals surface area contributed by atoms with E-state index >= 15 is 0 Å². The molecule has 10 heteroatoms. The Bertz CT molecular complexity index is 613. The van der Waals surface area contributed by atoms with Gasteiger partial charge < -0.3 is 15.6 Å². The lowest BCUT2D eigenvalue weighted by atomic mass is 10.3. The number of nitrogens with zero attached hydrogens (tertiary/aromatic N) is 3. The van der Waals surface area contributed by atoms with E-state index in [9.17, 15) is 13.2 Å². The average Bonchev–Trinajstić information content (AvgIpc) is 2.92. The van der Waals surface area contributed by atoms with Crippen LogP contribution in [0.5, 0.6) is 0 Å². The lowest BCUT2D eigenvalue weighted by Gasteiger charge is -2.10.